The van der Waals surface area contributed by atoms with Crippen LogP contribution in [-0.4, -0.2) is 21.4 Å². The van der Waals surface area contributed by atoms with Crippen molar-refractivity contribution in [1.29, 1.82) is 0 Å². The van der Waals surface area contributed by atoms with Gasteiger partial charge in [-0.25, -0.2) is 0 Å². The van der Waals surface area contributed by atoms with Crippen LogP contribution in [0.5, 0.6) is 0 Å². The van der Waals surface area contributed by atoms with E-state index in [1.54, 1.807) is 0 Å². The summed E-state index contributed by atoms with van der Waals surface area (Å²) in [6.45, 7) is 0. The molecular formula is C9H14N2O. The van der Waals surface area contributed by atoms with Crippen LogP contribution in [0, 0.1) is 0 Å². The summed E-state index contributed by atoms with van der Waals surface area (Å²) in [6.07, 6.45) is 7.98. The van der Waals surface area contributed by atoms with Gasteiger partial charge in [-0.1, -0.05) is 12.8 Å². The highest BCUT2D eigenvalue weighted by Crippen LogP contribution is 2.32. The number of nitrogens with one attached hydrogen (secondary N) is 1. The fraction of sp³-hybridized carbons (Fsp3) is 0.667. The summed E-state index contributed by atoms with van der Waals surface area (Å²) in [5.74, 6) is 0.317. The fourth-order valence-electron chi connectivity index (χ4n) is 1.96. The van der Waals surface area contributed by atoms with Crippen molar-refractivity contribution in [3.8, 4) is 0 Å². The van der Waals surface area contributed by atoms with Gasteiger partial charge in [0.1, 0.15) is 0 Å². The van der Waals surface area contributed by atoms with Crippen LogP contribution >= 0.6 is 0 Å². The molecule has 0 amide bonds. The maximum Gasteiger partial charge on any atom is 0.0609 e. The zero-order valence-electron chi connectivity index (χ0n) is 7.03. The molecular weight excluding hydrogens is 152 g/mol. The molecule has 0 aliphatic heterocycles. The monoisotopic (exact) mass is 166 g/mol. The third-order valence-corrected chi connectivity index (χ3v) is 2.68. The third-order valence-electron chi connectivity index (χ3n) is 2.68. The lowest BCUT2D eigenvalue weighted by Gasteiger charge is -2.26. The quantitative estimate of drug-likeness (QED) is 0.663. The number of aromatic nitrogens is 2. The average Bonchev–Trinajstić information content (AvgIpc) is 2.57. The Balaban J connectivity index is 2.11. The van der Waals surface area contributed by atoms with E-state index in [1.165, 1.54) is 6.42 Å². The number of aromatic amines is 1. The maximum atomic E-state index is 9.70. The van der Waals surface area contributed by atoms with Crippen molar-refractivity contribution in [3.05, 3.63) is 18.0 Å². The molecule has 1 aromatic rings. The van der Waals surface area contributed by atoms with E-state index >= 15 is 0 Å². The standard InChI is InChI=1S/C9H14N2O/c12-9-4-2-1-3-8(9)7-5-10-11-6-7/h5-6,8-9,12H,1-4H2,(H,10,11)/t8-,9+/m1/s1. The predicted molar refractivity (Wildman–Crippen MR) is 45.8 cm³/mol. The summed E-state index contributed by atoms with van der Waals surface area (Å²) in [5, 5.41) is 16.4. The molecule has 0 saturated heterocycles. The van der Waals surface area contributed by atoms with Crippen molar-refractivity contribution in [2.45, 2.75) is 37.7 Å². The molecule has 12 heavy (non-hydrogen) atoms. The molecule has 3 heteroatoms. The van der Waals surface area contributed by atoms with E-state index in [0.717, 1.165) is 24.8 Å². The van der Waals surface area contributed by atoms with Gasteiger partial charge in [0, 0.05) is 12.1 Å². The molecule has 1 saturated carbocycles. The lowest BCUT2D eigenvalue weighted by Crippen LogP contribution is -2.21. The van der Waals surface area contributed by atoms with E-state index in [4.69, 9.17) is 0 Å². The minimum absolute atomic E-state index is 0.156. The molecule has 1 aliphatic rings. The molecule has 66 valence electrons. The second-order valence-electron chi connectivity index (χ2n) is 3.49. The van der Waals surface area contributed by atoms with Gasteiger partial charge in [0.15, 0.2) is 0 Å². The van der Waals surface area contributed by atoms with Crippen LogP contribution < -0.4 is 0 Å². The van der Waals surface area contributed by atoms with E-state index < -0.39 is 0 Å². The predicted octanol–water partition coefficient (Wildman–Crippen LogP) is 1.43. The number of aliphatic hydroxyl groups excluding tert-OH is 1. The van der Waals surface area contributed by atoms with E-state index in [9.17, 15) is 5.11 Å². The summed E-state index contributed by atoms with van der Waals surface area (Å²) in [6, 6.07) is 0. The van der Waals surface area contributed by atoms with E-state index in [2.05, 4.69) is 10.2 Å². The Morgan fingerprint density at radius 2 is 2.25 bits per heavy atom. The molecule has 1 aliphatic carbocycles. The molecule has 3 nitrogen and oxygen atoms in total. The third kappa shape index (κ3) is 1.37. The van der Waals surface area contributed by atoms with E-state index in [1.807, 2.05) is 12.4 Å². The highest BCUT2D eigenvalue weighted by molar-refractivity contribution is 5.13. The zero-order chi connectivity index (χ0) is 8.39. The van der Waals surface area contributed by atoms with Gasteiger partial charge in [0.05, 0.1) is 12.3 Å². The molecule has 1 fully saturated rings. The summed E-state index contributed by atoms with van der Waals surface area (Å²) in [7, 11) is 0. The number of rotatable bonds is 1. The smallest absolute Gasteiger partial charge is 0.0609 e. The number of hydrogen-bond acceptors (Lipinski definition) is 2. The van der Waals surface area contributed by atoms with Gasteiger partial charge >= 0.3 is 0 Å². The van der Waals surface area contributed by atoms with Crippen molar-refractivity contribution < 1.29 is 5.11 Å². The van der Waals surface area contributed by atoms with Crippen LogP contribution in [0.1, 0.15) is 37.2 Å². The molecule has 2 atom stereocenters. The first kappa shape index (κ1) is 7.80. The number of aliphatic hydroxyl groups is 1. The minimum Gasteiger partial charge on any atom is -0.392 e. The molecule has 0 unspecified atom stereocenters. The van der Waals surface area contributed by atoms with Crippen molar-refractivity contribution >= 4 is 0 Å². The van der Waals surface area contributed by atoms with Crippen molar-refractivity contribution in [3.63, 3.8) is 0 Å². The highest BCUT2D eigenvalue weighted by Gasteiger charge is 2.24. The van der Waals surface area contributed by atoms with Crippen LogP contribution in [-0.2, 0) is 0 Å². The zero-order valence-corrected chi connectivity index (χ0v) is 7.03. The maximum absolute atomic E-state index is 9.70. The van der Waals surface area contributed by atoms with Gasteiger partial charge in [-0.3, -0.25) is 5.10 Å². The van der Waals surface area contributed by atoms with Gasteiger partial charge in [0.2, 0.25) is 0 Å². The van der Waals surface area contributed by atoms with Gasteiger partial charge in [-0.15, -0.1) is 0 Å². The SMILES string of the molecule is O[C@H]1CCCC[C@@H]1c1cn[nH]c1. The lowest BCUT2D eigenvalue weighted by molar-refractivity contribution is 0.106. The lowest BCUT2D eigenvalue weighted by atomic mass is 9.83. The Morgan fingerprint density at radius 1 is 1.42 bits per heavy atom. The highest BCUT2D eigenvalue weighted by atomic mass is 16.3. The normalized spacial score (nSPS) is 30.4. The van der Waals surface area contributed by atoms with Gasteiger partial charge in [0.25, 0.3) is 0 Å². The van der Waals surface area contributed by atoms with Gasteiger partial charge in [-0.05, 0) is 18.4 Å². The molecule has 0 radical (unpaired) electrons. The molecule has 2 N–H and O–H groups in total. The van der Waals surface area contributed by atoms with E-state index in [-0.39, 0.29) is 6.10 Å². The van der Waals surface area contributed by atoms with Gasteiger partial charge < -0.3 is 5.11 Å². The van der Waals surface area contributed by atoms with Crippen LogP contribution in [0.2, 0.25) is 0 Å². The molecule has 0 bridgehead atoms. The second-order valence-corrected chi connectivity index (χ2v) is 3.49. The largest absolute Gasteiger partial charge is 0.392 e. The topological polar surface area (TPSA) is 48.9 Å². The Hall–Kier alpha value is -0.830. The first-order chi connectivity index (χ1) is 5.88. The number of H-pyrrole nitrogens is 1. The number of hydrogen-bond donors (Lipinski definition) is 2. The molecule has 0 aromatic carbocycles. The number of nitrogens with zero attached hydrogens (tertiary/aromatic N) is 1. The molecule has 0 spiro atoms. The summed E-state index contributed by atoms with van der Waals surface area (Å²) < 4.78 is 0. The Bertz CT molecular complexity index is 233. The van der Waals surface area contributed by atoms with Crippen LogP contribution in [0.25, 0.3) is 0 Å². The first-order valence-electron chi connectivity index (χ1n) is 4.54. The van der Waals surface area contributed by atoms with Crippen molar-refractivity contribution in [2.24, 2.45) is 0 Å². The minimum atomic E-state index is -0.156. The summed E-state index contributed by atoms with van der Waals surface area (Å²) in [5.41, 5.74) is 1.15. The average molecular weight is 166 g/mol. The van der Waals surface area contributed by atoms with Crippen molar-refractivity contribution in [2.75, 3.05) is 0 Å². The summed E-state index contributed by atoms with van der Waals surface area (Å²) in [4.78, 5) is 0. The van der Waals surface area contributed by atoms with Crippen LogP contribution in [0.3, 0.4) is 0 Å². The van der Waals surface area contributed by atoms with Crippen LogP contribution in [0.4, 0.5) is 0 Å². The Labute approximate surface area is 71.8 Å². The first-order valence-corrected chi connectivity index (χ1v) is 4.54. The Morgan fingerprint density at radius 3 is 2.92 bits per heavy atom. The van der Waals surface area contributed by atoms with Crippen LogP contribution in [0.15, 0.2) is 12.4 Å². The Kier molecular flexibility index (Phi) is 2.13. The summed E-state index contributed by atoms with van der Waals surface area (Å²) >= 11 is 0. The molecule has 1 aromatic heterocycles. The van der Waals surface area contributed by atoms with Gasteiger partial charge in [-0.2, -0.15) is 5.10 Å². The molecule has 1 heterocycles. The van der Waals surface area contributed by atoms with Crippen molar-refractivity contribution in [1.82, 2.24) is 10.2 Å². The fourth-order valence-corrected chi connectivity index (χ4v) is 1.96. The van der Waals surface area contributed by atoms with E-state index in [0.29, 0.717) is 5.92 Å². The molecule has 2 rings (SSSR count). The second kappa shape index (κ2) is 3.27.